The van der Waals surface area contributed by atoms with Crippen LogP contribution in [0.15, 0.2) is 73.3 Å². The molecule has 0 radical (unpaired) electrons. The molecule has 0 unspecified atom stereocenters. The van der Waals surface area contributed by atoms with Crippen LogP contribution in [0.1, 0.15) is 27.2 Å². The minimum Gasteiger partial charge on any atom is -0.504 e. The number of nitrogens with one attached hydrogen (secondary N) is 2. The number of methoxy groups -OCH3 is 1. The lowest BCUT2D eigenvalue weighted by atomic mass is 10.1. The number of imidazole rings is 1. The van der Waals surface area contributed by atoms with Gasteiger partial charge in [0.05, 0.1) is 25.1 Å². The van der Waals surface area contributed by atoms with Gasteiger partial charge < -0.3 is 19.4 Å². The van der Waals surface area contributed by atoms with Gasteiger partial charge in [0.15, 0.2) is 11.6 Å². The third kappa shape index (κ3) is 4.24. The summed E-state index contributed by atoms with van der Waals surface area (Å²) >= 11 is 0. The first kappa shape index (κ1) is 23.0. The third-order valence-electron chi connectivity index (χ3n) is 5.80. The normalized spacial score (nSPS) is 11.3. The molecule has 5 aromatic rings. The maximum Gasteiger partial charge on any atom is 0.210 e. The van der Waals surface area contributed by atoms with Crippen LogP contribution in [0.3, 0.4) is 0 Å². The first-order valence-electron chi connectivity index (χ1n) is 11.1. The summed E-state index contributed by atoms with van der Waals surface area (Å²) in [6.45, 7) is 1.75. The molecule has 0 amide bonds. The molecule has 0 saturated carbocycles. The fourth-order valence-electron chi connectivity index (χ4n) is 4.06. The van der Waals surface area contributed by atoms with Crippen LogP contribution < -0.4 is 4.74 Å². The Morgan fingerprint density at radius 1 is 1.06 bits per heavy atom. The molecule has 36 heavy (non-hydrogen) atoms. The number of carbonyl (C=O) groups is 1. The Balaban J connectivity index is 1.49. The molecular formula is C28H21F2N3O3. The second kappa shape index (κ2) is 9.50. The lowest BCUT2D eigenvalue weighted by Gasteiger charge is -2.12. The maximum atomic E-state index is 15.0. The van der Waals surface area contributed by atoms with Crippen molar-refractivity contribution in [3.8, 4) is 22.9 Å². The molecular weight excluding hydrogens is 464 g/mol. The van der Waals surface area contributed by atoms with Gasteiger partial charge in [-0.05, 0) is 31.2 Å². The van der Waals surface area contributed by atoms with Crippen molar-refractivity contribution in [2.75, 3.05) is 7.11 Å². The van der Waals surface area contributed by atoms with Crippen molar-refractivity contribution < 1.29 is 23.0 Å². The van der Waals surface area contributed by atoms with E-state index < -0.39 is 11.6 Å². The van der Waals surface area contributed by atoms with Gasteiger partial charge in [-0.2, -0.15) is 0 Å². The Morgan fingerprint density at radius 3 is 2.64 bits per heavy atom. The molecule has 0 spiro atoms. The van der Waals surface area contributed by atoms with Crippen LogP contribution in [0.2, 0.25) is 0 Å². The second-order valence-electron chi connectivity index (χ2n) is 8.10. The van der Waals surface area contributed by atoms with Gasteiger partial charge in [0.2, 0.25) is 5.78 Å². The summed E-state index contributed by atoms with van der Waals surface area (Å²) in [6.07, 6.45) is 6.39. The van der Waals surface area contributed by atoms with E-state index in [0.717, 1.165) is 10.9 Å². The van der Waals surface area contributed by atoms with Crippen LogP contribution in [-0.2, 0) is 4.74 Å². The highest BCUT2D eigenvalue weighted by molar-refractivity contribution is 6.07. The number of H-pyrrole nitrogens is 2. The molecule has 8 heteroatoms. The van der Waals surface area contributed by atoms with E-state index in [1.807, 2.05) is 6.07 Å². The summed E-state index contributed by atoms with van der Waals surface area (Å²) in [5.74, 6) is -1.01. The first-order chi connectivity index (χ1) is 17.5. The topological polar surface area (TPSA) is 80.0 Å². The molecule has 0 aliphatic carbocycles. The van der Waals surface area contributed by atoms with E-state index in [4.69, 9.17) is 9.47 Å². The van der Waals surface area contributed by atoms with Gasteiger partial charge in [-0.25, -0.2) is 13.8 Å². The summed E-state index contributed by atoms with van der Waals surface area (Å²) < 4.78 is 40.6. The second-order valence-corrected chi connectivity index (χ2v) is 8.10. The lowest BCUT2D eigenvalue weighted by molar-refractivity contribution is 0.103. The van der Waals surface area contributed by atoms with Crippen LogP contribution in [0.4, 0.5) is 8.78 Å². The Kier molecular flexibility index (Phi) is 6.08. The molecule has 0 aliphatic heterocycles. The zero-order valence-corrected chi connectivity index (χ0v) is 19.4. The number of aromatic amines is 2. The van der Waals surface area contributed by atoms with Gasteiger partial charge >= 0.3 is 0 Å². The van der Waals surface area contributed by atoms with Crippen molar-refractivity contribution in [1.82, 2.24) is 15.0 Å². The average molecular weight is 485 g/mol. The number of aryl methyl sites for hydroxylation is 1. The van der Waals surface area contributed by atoms with E-state index >= 15 is 0 Å². The van der Waals surface area contributed by atoms with E-state index in [0.29, 0.717) is 16.6 Å². The zero-order chi connectivity index (χ0) is 25.2. The number of ether oxygens (including phenoxy) is 2. The number of ketones is 1. The molecule has 0 bridgehead atoms. The third-order valence-corrected chi connectivity index (χ3v) is 5.80. The van der Waals surface area contributed by atoms with Crippen LogP contribution in [-0.4, -0.2) is 27.8 Å². The Bertz CT molecular complexity index is 1600. The van der Waals surface area contributed by atoms with Crippen molar-refractivity contribution >= 4 is 22.8 Å². The van der Waals surface area contributed by atoms with Crippen molar-refractivity contribution in [2.45, 2.75) is 6.92 Å². The summed E-state index contributed by atoms with van der Waals surface area (Å²) in [5, 5.41) is 0.775. The molecule has 0 atom stereocenters. The number of nitrogens with zero attached hydrogens (tertiary/aromatic N) is 1. The minimum absolute atomic E-state index is 0.0196. The maximum absolute atomic E-state index is 15.0. The molecule has 0 aliphatic rings. The van der Waals surface area contributed by atoms with Gasteiger partial charge in [0.25, 0.3) is 0 Å². The van der Waals surface area contributed by atoms with Gasteiger partial charge in [0.1, 0.15) is 23.1 Å². The molecule has 2 N–H and O–H groups in total. The van der Waals surface area contributed by atoms with Crippen molar-refractivity contribution in [3.05, 3.63) is 107 Å². The smallest absolute Gasteiger partial charge is 0.210 e. The number of carbonyl (C=O) groups excluding carboxylic acids is 1. The van der Waals surface area contributed by atoms with E-state index in [1.54, 1.807) is 43.5 Å². The van der Waals surface area contributed by atoms with E-state index in [1.165, 1.54) is 43.8 Å². The number of benzene rings is 3. The molecule has 6 nitrogen and oxygen atoms in total. The van der Waals surface area contributed by atoms with E-state index in [-0.39, 0.29) is 34.4 Å². The summed E-state index contributed by atoms with van der Waals surface area (Å²) in [4.78, 5) is 22.8. The van der Waals surface area contributed by atoms with E-state index in [9.17, 15) is 13.6 Å². The number of hydrogen-bond acceptors (Lipinski definition) is 4. The van der Waals surface area contributed by atoms with Crippen molar-refractivity contribution in [1.29, 1.82) is 0 Å². The fourth-order valence-corrected chi connectivity index (χ4v) is 4.06. The fraction of sp³-hybridized carbons (Fsp3) is 0.0714. The predicted octanol–water partition coefficient (Wildman–Crippen LogP) is 6.79. The number of hydrogen-bond donors (Lipinski definition) is 2. The first-order valence-corrected chi connectivity index (χ1v) is 11.1. The molecule has 2 heterocycles. The standard InChI is InChI=1S/C28H21F2N3O3/c1-16-25-18(10-11-35-2)14-31-23(25)13-22(30)27(16)36-19-8-9-21(29)20(12-19)28-32-15-24(33-28)26(34)17-6-4-3-5-7-17/h3-15,31H,1-2H3,(H,32,33)/b11-10-. The van der Waals surface area contributed by atoms with Crippen molar-refractivity contribution in [2.24, 2.45) is 0 Å². The van der Waals surface area contributed by atoms with Crippen LogP contribution >= 0.6 is 0 Å². The molecule has 2 aromatic heterocycles. The van der Waals surface area contributed by atoms with Crippen molar-refractivity contribution in [3.63, 3.8) is 0 Å². The summed E-state index contributed by atoms with van der Waals surface area (Å²) in [7, 11) is 1.54. The largest absolute Gasteiger partial charge is 0.504 e. The molecule has 0 saturated heterocycles. The summed E-state index contributed by atoms with van der Waals surface area (Å²) in [5.41, 5.74) is 2.78. The molecule has 3 aromatic carbocycles. The van der Waals surface area contributed by atoms with Gasteiger partial charge in [0, 0.05) is 39.9 Å². The van der Waals surface area contributed by atoms with Crippen LogP contribution in [0, 0.1) is 18.6 Å². The monoisotopic (exact) mass is 485 g/mol. The molecule has 180 valence electrons. The molecule has 5 rings (SSSR count). The Labute approximate surface area is 205 Å². The van der Waals surface area contributed by atoms with E-state index in [2.05, 4.69) is 15.0 Å². The summed E-state index contributed by atoms with van der Waals surface area (Å²) in [6, 6.07) is 14.1. The zero-order valence-electron chi connectivity index (χ0n) is 19.4. The Hall–Kier alpha value is -4.72. The number of halogens is 2. The number of fused-ring (bicyclic) bond motifs is 1. The van der Waals surface area contributed by atoms with Gasteiger partial charge in [-0.3, -0.25) is 4.79 Å². The highest BCUT2D eigenvalue weighted by atomic mass is 19.1. The van der Waals surface area contributed by atoms with Crippen LogP contribution in [0.25, 0.3) is 28.4 Å². The average Bonchev–Trinajstić information content (AvgIpc) is 3.54. The van der Waals surface area contributed by atoms with Crippen LogP contribution in [0.5, 0.6) is 11.5 Å². The highest BCUT2D eigenvalue weighted by Crippen LogP contribution is 2.37. The quantitative estimate of drug-likeness (QED) is 0.197. The lowest BCUT2D eigenvalue weighted by Crippen LogP contribution is -2.01. The Morgan fingerprint density at radius 2 is 1.86 bits per heavy atom. The predicted molar refractivity (Wildman–Crippen MR) is 133 cm³/mol. The molecule has 0 fully saturated rings. The highest BCUT2D eigenvalue weighted by Gasteiger charge is 2.19. The number of rotatable bonds is 7. The van der Waals surface area contributed by atoms with Gasteiger partial charge in [-0.15, -0.1) is 0 Å². The van der Waals surface area contributed by atoms with Gasteiger partial charge in [-0.1, -0.05) is 30.3 Å². The SMILES string of the molecule is CO/C=C\c1c[nH]c2cc(F)c(Oc3ccc(F)c(-c4ncc(C(=O)c5ccccc5)[nH]4)c3)c(C)c12. The minimum atomic E-state index is -0.569. The number of aromatic nitrogens is 3.